The van der Waals surface area contributed by atoms with E-state index in [2.05, 4.69) is 84.9 Å². The first-order valence-corrected chi connectivity index (χ1v) is 9.70. The maximum Gasteiger partial charge on any atom is 0.504 e. The van der Waals surface area contributed by atoms with Crippen LogP contribution in [0.2, 0.25) is 0 Å². The fourth-order valence-corrected chi connectivity index (χ4v) is 4.17. The monoisotopic (exact) mass is 374 g/mol. The zero-order valence-corrected chi connectivity index (χ0v) is 15.9. The molecule has 0 aromatic heterocycles. The quantitative estimate of drug-likeness (QED) is 0.310. The van der Waals surface area contributed by atoms with Gasteiger partial charge in [-0.25, -0.2) is 0 Å². The smallest absolute Gasteiger partial charge is 0.504 e. The van der Waals surface area contributed by atoms with Gasteiger partial charge >= 0.3 is 7.69 Å². The van der Waals surface area contributed by atoms with Gasteiger partial charge in [-0.05, 0) is 55.9 Å². The number of benzene rings is 5. The van der Waals surface area contributed by atoms with E-state index < -0.39 is 0 Å². The van der Waals surface area contributed by atoms with E-state index in [1.54, 1.807) is 0 Å². The van der Waals surface area contributed by atoms with Crippen LogP contribution in [-0.2, 0) is 0 Å². The van der Waals surface area contributed by atoms with E-state index in [1.165, 1.54) is 38.2 Å². The van der Waals surface area contributed by atoms with Gasteiger partial charge < -0.3 is 9.68 Å². The number of hydrogen-bond donors (Lipinski definition) is 1. The first-order chi connectivity index (χ1) is 14.4. The topological polar surface area (TPSA) is 29.5 Å². The second kappa shape index (κ2) is 7.46. The summed E-state index contributed by atoms with van der Waals surface area (Å²) in [5, 5.41) is 14.0. The van der Waals surface area contributed by atoms with Crippen molar-refractivity contribution in [1.29, 1.82) is 0 Å². The van der Waals surface area contributed by atoms with E-state index in [-0.39, 0.29) is 7.69 Å². The Balaban J connectivity index is 1.92. The molecular weight excluding hydrogens is 355 g/mol. The third-order valence-corrected chi connectivity index (χ3v) is 5.35. The summed E-state index contributed by atoms with van der Waals surface area (Å²) in [5.74, 6) is 0.658. The molecule has 1 N–H and O–H groups in total. The van der Waals surface area contributed by atoms with Crippen molar-refractivity contribution in [1.82, 2.24) is 0 Å². The van der Waals surface area contributed by atoms with Gasteiger partial charge in [-0.2, -0.15) is 0 Å². The first-order valence-electron chi connectivity index (χ1n) is 9.70. The normalized spacial score (nSPS) is 10.9. The minimum Gasteiger partial charge on any atom is -0.539 e. The Hall–Kier alpha value is -3.56. The molecular formula is C26H19BO2. The lowest BCUT2D eigenvalue weighted by atomic mass is 9.86. The maximum absolute atomic E-state index is 9.16. The Bertz CT molecular complexity index is 1260. The van der Waals surface area contributed by atoms with Crippen molar-refractivity contribution in [2.24, 2.45) is 0 Å². The second-order valence-electron chi connectivity index (χ2n) is 7.01. The molecule has 0 aliphatic rings. The molecule has 5 aromatic rings. The lowest BCUT2D eigenvalue weighted by Crippen LogP contribution is -1.99. The molecule has 0 saturated carbocycles. The molecule has 0 unspecified atom stereocenters. The average Bonchev–Trinajstić information content (AvgIpc) is 2.78. The SMILES string of the molecule is OBOc1cccc(-c2c3ccccc3c(-c3ccccc3)c3ccccc23)c1. The van der Waals surface area contributed by atoms with E-state index in [4.69, 9.17) is 9.68 Å². The van der Waals surface area contributed by atoms with Gasteiger partial charge in [-0.3, -0.25) is 0 Å². The molecule has 2 nitrogen and oxygen atoms in total. The summed E-state index contributed by atoms with van der Waals surface area (Å²) < 4.78 is 5.34. The molecule has 0 saturated heterocycles. The maximum atomic E-state index is 9.16. The number of fused-ring (bicyclic) bond motifs is 2. The molecule has 0 aliphatic heterocycles. The molecule has 29 heavy (non-hydrogen) atoms. The van der Waals surface area contributed by atoms with Crippen molar-refractivity contribution < 1.29 is 9.68 Å². The van der Waals surface area contributed by atoms with Crippen LogP contribution in [0.25, 0.3) is 43.8 Å². The standard InChI is InChI=1S/C26H19BO2/c28-27-29-20-12-8-11-19(17-20)26-23-15-6-4-13-21(23)25(18-9-2-1-3-10-18)22-14-5-7-16-24(22)26/h1-17,27-28H. The van der Waals surface area contributed by atoms with E-state index in [0.717, 1.165) is 5.56 Å². The van der Waals surface area contributed by atoms with Crippen LogP contribution in [0.5, 0.6) is 5.75 Å². The van der Waals surface area contributed by atoms with Crippen LogP contribution in [0.3, 0.4) is 0 Å². The minimum atomic E-state index is -0.335. The zero-order chi connectivity index (χ0) is 19.6. The minimum absolute atomic E-state index is 0.335. The van der Waals surface area contributed by atoms with Crippen LogP contribution in [0.15, 0.2) is 103 Å². The summed E-state index contributed by atoms with van der Waals surface area (Å²) in [6.45, 7) is 0. The van der Waals surface area contributed by atoms with Crippen LogP contribution >= 0.6 is 0 Å². The van der Waals surface area contributed by atoms with E-state index in [9.17, 15) is 0 Å². The summed E-state index contributed by atoms with van der Waals surface area (Å²) in [6.07, 6.45) is 0. The summed E-state index contributed by atoms with van der Waals surface area (Å²) in [5.41, 5.74) is 4.72. The third-order valence-electron chi connectivity index (χ3n) is 5.35. The summed E-state index contributed by atoms with van der Waals surface area (Å²) in [7, 11) is -0.335. The van der Waals surface area contributed by atoms with Crippen molar-refractivity contribution in [2.75, 3.05) is 0 Å². The number of rotatable bonds is 4. The zero-order valence-electron chi connectivity index (χ0n) is 15.9. The van der Waals surface area contributed by atoms with Crippen LogP contribution in [0, 0.1) is 0 Å². The van der Waals surface area contributed by atoms with Crippen LogP contribution in [0.1, 0.15) is 0 Å². The van der Waals surface area contributed by atoms with Crippen LogP contribution in [-0.4, -0.2) is 12.7 Å². The predicted molar refractivity (Wildman–Crippen MR) is 122 cm³/mol. The molecule has 3 heteroatoms. The van der Waals surface area contributed by atoms with Crippen molar-refractivity contribution in [3.63, 3.8) is 0 Å². The Morgan fingerprint density at radius 3 is 1.55 bits per heavy atom. The van der Waals surface area contributed by atoms with Crippen molar-refractivity contribution in [3.8, 4) is 28.0 Å². The fourth-order valence-electron chi connectivity index (χ4n) is 4.17. The van der Waals surface area contributed by atoms with Gasteiger partial charge in [0.1, 0.15) is 5.75 Å². The van der Waals surface area contributed by atoms with Gasteiger partial charge in [0.05, 0.1) is 0 Å². The largest absolute Gasteiger partial charge is 0.539 e. The van der Waals surface area contributed by atoms with Gasteiger partial charge in [0, 0.05) is 0 Å². The highest BCUT2D eigenvalue weighted by atomic mass is 16.5. The molecule has 0 atom stereocenters. The first kappa shape index (κ1) is 17.5. The van der Waals surface area contributed by atoms with Crippen molar-refractivity contribution in [2.45, 2.75) is 0 Å². The molecule has 0 amide bonds. The van der Waals surface area contributed by atoms with Crippen molar-refractivity contribution >= 4 is 29.2 Å². The van der Waals surface area contributed by atoms with E-state index in [0.29, 0.717) is 5.75 Å². The molecule has 0 aliphatic carbocycles. The van der Waals surface area contributed by atoms with Gasteiger partial charge in [0.2, 0.25) is 0 Å². The summed E-state index contributed by atoms with van der Waals surface area (Å²) >= 11 is 0. The van der Waals surface area contributed by atoms with Gasteiger partial charge in [-0.15, -0.1) is 0 Å². The highest BCUT2D eigenvalue weighted by Gasteiger charge is 2.16. The lowest BCUT2D eigenvalue weighted by Gasteiger charge is -2.18. The Morgan fingerprint density at radius 1 is 0.517 bits per heavy atom. The molecule has 0 heterocycles. The molecule has 0 radical (unpaired) electrons. The lowest BCUT2D eigenvalue weighted by molar-refractivity contribution is 0.454. The van der Waals surface area contributed by atoms with Gasteiger partial charge in [-0.1, -0.05) is 91.0 Å². The molecule has 138 valence electrons. The Morgan fingerprint density at radius 2 is 1.00 bits per heavy atom. The molecule has 0 spiro atoms. The molecule has 0 fully saturated rings. The number of hydrogen-bond acceptors (Lipinski definition) is 2. The Labute approximate surface area is 170 Å². The highest BCUT2D eigenvalue weighted by Crippen LogP contribution is 2.43. The molecule has 5 aromatic carbocycles. The summed E-state index contributed by atoms with van der Waals surface area (Å²) in [4.78, 5) is 0. The fraction of sp³-hybridized carbons (Fsp3) is 0. The van der Waals surface area contributed by atoms with E-state index >= 15 is 0 Å². The average molecular weight is 374 g/mol. The molecule has 5 rings (SSSR count). The Kier molecular flexibility index (Phi) is 4.51. The van der Waals surface area contributed by atoms with E-state index in [1.807, 2.05) is 18.2 Å². The van der Waals surface area contributed by atoms with Crippen molar-refractivity contribution in [3.05, 3.63) is 103 Å². The van der Waals surface area contributed by atoms with Crippen LogP contribution < -0.4 is 4.65 Å². The van der Waals surface area contributed by atoms with Gasteiger partial charge in [0.25, 0.3) is 0 Å². The third kappa shape index (κ3) is 3.06. The predicted octanol–water partition coefficient (Wildman–Crippen LogP) is 5.96. The second-order valence-corrected chi connectivity index (χ2v) is 7.01. The van der Waals surface area contributed by atoms with Crippen LogP contribution in [0.4, 0.5) is 0 Å². The van der Waals surface area contributed by atoms with Gasteiger partial charge in [0.15, 0.2) is 0 Å². The summed E-state index contributed by atoms with van der Waals surface area (Å²) in [6, 6.07) is 35.6. The highest BCUT2D eigenvalue weighted by molar-refractivity contribution is 6.21. The molecule has 0 bridgehead atoms.